The second-order valence-corrected chi connectivity index (χ2v) is 13.7. The zero-order chi connectivity index (χ0) is 19.7. The summed E-state index contributed by atoms with van der Waals surface area (Å²) < 4.78 is 65.8. The maximum absolute atomic E-state index is 12.8. The first-order valence-electron chi connectivity index (χ1n) is 7.99. The summed E-state index contributed by atoms with van der Waals surface area (Å²) in [5.74, 6) is -0.278. The summed E-state index contributed by atoms with van der Waals surface area (Å²) in [6.07, 6.45) is -0.0460. The second-order valence-electron chi connectivity index (χ2n) is 6.39. The molecule has 1 rings (SSSR count). The van der Waals surface area contributed by atoms with Gasteiger partial charge in [-0.2, -0.15) is 21.6 Å². The predicted molar refractivity (Wildman–Crippen MR) is 89.3 cm³/mol. The summed E-state index contributed by atoms with van der Waals surface area (Å²) in [5, 5.41) is 8.21. The van der Waals surface area contributed by atoms with E-state index in [1.807, 2.05) is 20.8 Å². The van der Waals surface area contributed by atoms with Crippen molar-refractivity contribution >= 4 is 24.3 Å². The topological polar surface area (TPSA) is 83.9 Å². The second kappa shape index (κ2) is 7.18. The van der Waals surface area contributed by atoms with Crippen molar-refractivity contribution in [2.75, 3.05) is 13.1 Å². The molecule has 0 aromatic carbocycles. The zero-order valence-corrected chi connectivity index (χ0v) is 16.5. The van der Waals surface area contributed by atoms with Crippen LogP contribution < -0.4 is 0 Å². The highest BCUT2D eigenvalue weighted by molar-refractivity contribution is 7.87. The molecule has 0 saturated carbocycles. The van der Waals surface area contributed by atoms with Crippen LogP contribution in [0.4, 0.5) is 18.0 Å². The van der Waals surface area contributed by atoms with Gasteiger partial charge in [-0.3, -0.25) is 0 Å². The molecule has 6 nitrogen and oxygen atoms in total. The minimum atomic E-state index is -5.80. The Balaban J connectivity index is 3.48. The van der Waals surface area contributed by atoms with Crippen LogP contribution in [0.2, 0.25) is 23.2 Å². The summed E-state index contributed by atoms with van der Waals surface area (Å²) >= 11 is 0. The molecule has 0 spiro atoms. The Morgan fingerprint density at radius 3 is 2.16 bits per heavy atom. The molecule has 11 heteroatoms. The summed E-state index contributed by atoms with van der Waals surface area (Å²) in [6, 6.07) is 1.99. The first-order valence-corrected chi connectivity index (χ1v) is 12.0. The molecule has 0 aliphatic carbocycles. The molecule has 25 heavy (non-hydrogen) atoms. The van der Waals surface area contributed by atoms with Crippen LogP contribution >= 0.6 is 0 Å². The lowest BCUT2D eigenvalue weighted by atomic mass is 10.0. The molecule has 0 aromatic heterocycles. The number of nitrogens with zero attached hydrogens (tertiary/aromatic N) is 1. The maximum atomic E-state index is 12.8. The monoisotopic (exact) mass is 403 g/mol. The smallest absolute Gasteiger partial charge is 0.465 e. The van der Waals surface area contributed by atoms with Gasteiger partial charge in [0.25, 0.3) is 0 Å². The van der Waals surface area contributed by atoms with E-state index in [-0.39, 0.29) is 18.8 Å². The Bertz CT molecular complexity index is 637. The van der Waals surface area contributed by atoms with Gasteiger partial charge in [0, 0.05) is 18.1 Å². The third-order valence-electron chi connectivity index (χ3n) is 5.50. The van der Waals surface area contributed by atoms with E-state index in [1.54, 1.807) is 6.92 Å². The highest BCUT2D eigenvalue weighted by Crippen LogP contribution is 2.53. The van der Waals surface area contributed by atoms with Crippen LogP contribution in [0.5, 0.6) is 0 Å². The van der Waals surface area contributed by atoms with Crippen molar-refractivity contribution in [3.63, 3.8) is 0 Å². The third-order valence-corrected chi connectivity index (χ3v) is 13.3. The summed E-state index contributed by atoms with van der Waals surface area (Å²) in [4.78, 5) is 12.4. The van der Waals surface area contributed by atoms with Gasteiger partial charge in [0.05, 0.1) is 8.07 Å². The van der Waals surface area contributed by atoms with Gasteiger partial charge in [-0.15, -0.1) is 0 Å². The highest BCUT2D eigenvalue weighted by Gasteiger charge is 2.56. The fourth-order valence-electron chi connectivity index (χ4n) is 3.73. The van der Waals surface area contributed by atoms with E-state index in [1.165, 1.54) is 0 Å². The molecule has 0 unspecified atom stereocenters. The van der Waals surface area contributed by atoms with E-state index in [2.05, 4.69) is 4.18 Å². The van der Waals surface area contributed by atoms with E-state index in [0.29, 0.717) is 18.1 Å². The van der Waals surface area contributed by atoms with Crippen LogP contribution in [0.25, 0.3) is 0 Å². The average molecular weight is 403 g/mol. The van der Waals surface area contributed by atoms with Gasteiger partial charge in [-0.25, -0.2) is 4.79 Å². The zero-order valence-electron chi connectivity index (χ0n) is 14.7. The van der Waals surface area contributed by atoms with Crippen molar-refractivity contribution in [2.24, 2.45) is 0 Å². The fraction of sp³-hybridized carbons (Fsp3) is 0.786. The lowest BCUT2D eigenvalue weighted by Gasteiger charge is -2.50. The van der Waals surface area contributed by atoms with E-state index in [0.717, 1.165) is 11.0 Å². The number of rotatable bonds is 6. The number of halogens is 3. The number of alkyl halides is 3. The van der Waals surface area contributed by atoms with Crippen LogP contribution in [0.3, 0.4) is 0 Å². The molecular formula is C14H24F3NO5SSi. The Hall–Kier alpha value is -1.23. The molecular weight excluding hydrogens is 379 g/mol. The molecule has 1 aliphatic heterocycles. The third kappa shape index (κ3) is 3.81. The molecule has 146 valence electrons. The first-order chi connectivity index (χ1) is 11.3. The molecule has 1 heterocycles. The van der Waals surface area contributed by atoms with E-state index < -0.39 is 34.8 Å². The molecule has 1 amide bonds. The molecule has 0 bridgehead atoms. The Morgan fingerprint density at radius 1 is 1.32 bits per heavy atom. The predicted octanol–water partition coefficient (Wildman–Crippen LogP) is 4.00. The molecule has 1 N–H and O–H groups in total. The van der Waals surface area contributed by atoms with Crippen molar-refractivity contribution in [3.05, 3.63) is 11.8 Å². The lowest BCUT2D eigenvalue weighted by molar-refractivity contribution is -0.0528. The van der Waals surface area contributed by atoms with Crippen molar-refractivity contribution in [2.45, 2.75) is 56.4 Å². The van der Waals surface area contributed by atoms with E-state index >= 15 is 0 Å². The normalized spacial score (nSPS) is 22.5. The van der Waals surface area contributed by atoms with Crippen molar-refractivity contribution < 1.29 is 35.7 Å². The van der Waals surface area contributed by atoms with Crippen molar-refractivity contribution in [1.82, 2.24) is 4.90 Å². The SMILES string of the molecule is CC[Si](CC)(CC)[C@]1(C)CN(C(=O)O)CC=C1OS(=O)(=O)C(F)(F)F. The minimum absolute atomic E-state index is 0.0801. The van der Waals surface area contributed by atoms with Crippen molar-refractivity contribution in [1.29, 1.82) is 0 Å². The molecule has 0 radical (unpaired) electrons. The van der Waals surface area contributed by atoms with E-state index in [4.69, 9.17) is 0 Å². The van der Waals surface area contributed by atoms with E-state index in [9.17, 15) is 31.5 Å². The molecule has 0 fully saturated rings. The largest absolute Gasteiger partial charge is 0.534 e. The fourth-order valence-corrected chi connectivity index (χ4v) is 9.43. The Labute approximate surface area is 146 Å². The Kier molecular flexibility index (Phi) is 6.26. The summed E-state index contributed by atoms with van der Waals surface area (Å²) in [6.45, 7) is 7.04. The molecule has 0 aromatic rings. The van der Waals surface area contributed by atoms with Gasteiger partial charge in [0.15, 0.2) is 0 Å². The van der Waals surface area contributed by atoms with Gasteiger partial charge in [0.1, 0.15) is 5.76 Å². The highest BCUT2D eigenvalue weighted by atomic mass is 32.2. The van der Waals surface area contributed by atoms with Crippen LogP contribution in [-0.2, 0) is 14.3 Å². The molecule has 0 saturated heterocycles. The number of hydrogen-bond donors (Lipinski definition) is 1. The number of amides is 1. The van der Waals surface area contributed by atoms with Gasteiger partial charge in [-0.1, -0.05) is 45.8 Å². The van der Waals surface area contributed by atoms with Crippen molar-refractivity contribution in [3.8, 4) is 0 Å². The molecule has 1 atom stereocenters. The van der Waals surface area contributed by atoms with Crippen LogP contribution in [0.1, 0.15) is 27.7 Å². The van der Waals surface area contributed by atoms with Gasteiger partial charge >= 0.3 is 21.7 Å². The number of hydrogen-bond acceptors (Lipinski definition) is 4. The average Bonchev–Trinajstić information content (AvgIpc) is 2.50. The first kappa shape index (κ1) is 21.8. The minimum Gasteiger partial charge on any atom is -0.465 e. The lowest BCUT2D eigenvalue weighted by Crippen LogP contribution is -2.55. The van der Waals surface area contributed by atoms with Crippen LogP contribution in [-0.4, -0.2) is 51.2 Å². The van der Waals surface area contributed by atoms with Crippen LogP contribution in [0.15, 0.2) is 11.8 Å². The molecule has 1 aliphatic rings. The standard InChI is InChI=1S/C14H24F3NO5SSi/c1-5-25(6-2,7-3)13(4)10-18(12(19)20)9-8-11(13)23-24(21,22)14(15,16)17/h8H,5-7,9-10H2,1-4H3,(H,19,20)/t13-/m1/s1. The van der Waals surface area contributed by atoms with Gasteiger partial charge < -0.3 is 14.2 Å². The van der Waals surface area contributed by atoms with Gasteiger partial charge in [0.2, 0.25) is 0 Å². The maximum Gasteiger partial charge on any atom is 0.534 e. The summed E-state index contributed by atoms with van der Waals surface area (Å²) in [5.41, 5.74) is -5.53. The number of carbonyl (C=O) groups is 1. The quantitative estimate of drug-likeness (QED) is 0.412. The summed E-state index contributed by atoms with van der Waals surface area (Å²) in [7, 11) is -8.18. The number of carboxylic acid groups (broad SMARTS) is 1. The Morgan fingerprint density at radius 2 is 1.80 bits per heavy atom. The van der Waals surface area contributed by atoms with Gasteiger partial charge in [-0.05, 0) is 6.08 Å². The van der Waals surface area contributed by atoms with Crippen LogP contribution in [0, 0.1) is 0 Å².